The molecule has 0 amide bonds. The molecule has 1 aliphatic heterocycles. The molecule has 4 heterocycles. The van der Waals surface area contributed by atoms with Crippen LogP contribution in [-0.2, 0) is 23.1 Å². The molecule has 5 aromatic rings. The molecule has 0 bridgehead atoms. The third-order valence-corrected chi connectivity index (χ3v) is 9.49. The number of fused-ring (bicyclic) bond motifs is 3. The molecule has 1 aliphatic rings. The van der Waals surface area contributed by atoms with E-state index >= 15 is 0 Å². The van der Waals surface area contributed by atoms with Crippen LogP contribution in [-0.4, -0.2) is 50.1 Å². The largest absolute Gasteiger partial charge is 0.487 e. The lowest BCUT2D eigenvalue weighted by molar-refractivity contribution is -0.143. The number of ether oxygens (including phenoxy) is 2. The van der Waals surface area contributed by atoms with Crippen LogP contribution in [0.15, 0.2) is 54.0 Å². The minimum absolute atomic E-state index is 0.0813. The number of hydrogen-bond donors (Lipinski definition) is 0. The van der Waals surface area contributed by atoms with Crippen LogP contribution < -0.4 is 4.74 Å². The number of nitrogens with zero attached hydrogens (tertiary/aromatic N) is 5. The third kappa shape index (κ3) is 5.27. The Morgan fingerprint density at radius 3 is 2.88 bits per heavy atom. The van der Waals surface area contributed by atoms with E-state index in [9.17, 15) is 4.79 Å². The quantitative estimate of drug-likeness (QED) is 0.188. The zero-order valence-electron chi connectivity index (χ0n) is 24.8. The van der Waals surface area contributed by atoms with Crippen molar-refractivity contribution in [2.24, 2.45) is 7.05 Å². The number of benzene rings is 2. The van der Waals surface area contributed by atoms with E-state index in [2.05, 4.69) is 65.6 Å². The summed E-state index contributed by atoms with van der Waals surface area (Å²) in [4.78, 5) is 20.2. The van der Waals surface area contributed by atoms with Crippen LogP contribution in [0.3, 0.4) is 0 Å². The Kier molecular flexibility index (Phi) is 7.96. The summed E-state index contributed by atoms with van der Waals surface area (Å²) in [6.45, 7) is 10.2. The molecule has 3 atom stereocenters. The van der Waals surface area contributed by atoms with Crippen LogP contribution in [0.2, 0.25) is 0 Å². The number of aromatic nitrogens is 4. The van der Waals surface area contributed by atoms with Gasteiger partial charge in [0.05, 0.1) is 30.3 Å². The first kappa shape index (κ1) is 28.3. The van der Waals surface area contributed by atoms with E-state index in [0.717, 1.165) is 58.7 Å². The lowest BCUT2D eigenvalue weighted by Crippen LogP contribution is -2.34. The van der Waals surface area contributed by atoms with Crippen molar-refractivity contribution in [1.82, 2.24) is 24.9 Å². The third-order valence-electron chi connectivity index (χ3n) is 8.49. The monoisotopic (exact) mass is 583 g/mol. The van der Waals surface area contributed by atoms with Crippen molar-refractivity contribution < 1.29 is 14.3 Å². The molecule has 8 nitrogen and oxygen atoms in total. The number of hydrogen-bond acceptors (Lipinski definition) is 8. The Labute approximate surface area is 250 Å². The first-order valence-corrected chi connectivity index (χ1v) is 15.6. The predicted molar refractivity (Wildman–Crippen MR) is 166 cm³/mol. The predicted octanol–water partition coefficient (Wildman–Crippen LogP) is 6.71. The molecule has 0 radical (unpaired) electrons. The zero-order valence-corrected chi connectivity index (χ0v) is 25.6. The molecule has 0 fully saturated rings. The standard InChI is InChI=1S/C33H37N5O3S/c1-6-25-19-38(21(4)32-29(41-25)9-8-13-34-32)18-24-16-23(15-22-12-14-42-33(22)24)27(17-30(39)40-7-2)26-10-11-28-31(20(26)3)35-36-37(28)5/h8-16,21,25,27H,6-7,17-19H2,1-5H3/t21-,25+,27-/m0/s1. The lowest BCUT2D eigenvalue weighted by Gasteiger charge is -2.29. The minimum Gasteiger partial charge on any atom is -0.487 e. The van der Waals surface area contributed by atoms with Gasteiger partial charge < -0.3 is 9.47 Å². The van der Waals surface area contributed by atoms with Gasteiger partial charge in [-0.15, -0.1) is 16.4 Å². The molecule has 3 aromatic heterocycles. The fourth-order valence-corrected chi connectivity index (χ4v) is 7.07. The summed E-state index contributed by atoms with van der Waals surface area (Å²) in [7, 11) is 1.90. The molecule has 2 aromatic carbocycles. The summed E-state index contributed by atoms with van der Waals surface area (Å²) in [6, 6.07) is 14.9. The van der Waals surface area contributed by atoms with Crippen molar-refractivity contribution >= 4 is 38.4 Å². The molecular formula is C33H37N5O3S. The first-order chi connectivity index (χ1) is 20.4. The van der Waals surface area contributed by atoms with Gasteiger partial charge in [-0.2, -0.15) is 0 Å². The van der Waals surface area contributed by atoms with Gasteiger partial charge in [-0.25, -0.2) is 4.68 Å². The van der Waals surface area contributed by atoms with Crippen LogP contribution in [0.4, 0.5) is 0 Å². The Bertz CT molecular complexity index is 1740. The summed E-state index contributed by atoms with van der Waals surface area (Å²) in [5, 5.41) is 12.0. The normalized spacial score (nSPS) is 18.0. The summed E-state index contributed by atoms with van der Waals surface area (Å²) in [5.74, 6) is 0.479. The van der Waals surface area contributed by atoms with E-state index in [1.54, 1.807) is 16.0 Å². The SMILES string of the molecule is CCOC(=O)C[C@@H](c1cc(CN2C[C@@H](CC)Oc3cccnc3[C@@H]2C)c2sccc2c1)c1ccc2c(nnn2C)c1C. The van der Waals surface area contributed by atoms with E-state index in [1.807, 2.05) is 38.4 Å². The maximum atomic E-state index is 13.0. The Morgan fingerprint density at radius 1 is 1.21 bits per heavy atom. The number of carbonyl (C=O) groups excluding carboxylic acids is 1. The highest BCUT2D eigenvalue weighted by Crippen LogP contribution is 2.39. The van der Waals surface area contributed by atoms with Crippen molar-refractivity contribution in [3.8, 4) is 5.75 Å². The maximum Gasteiger partial charge on any atom is 0.306 e. The molecule has 0 saturated carbocycles. The molecule has 0 N–H and O–H groups in total. The molecule has 0 unspecified atom stereocenters. The van der Waals surface area contributed by atoms with Crippen LogP contribution in [0.1, 0.15) is 73.5 Å². The van der Waals surface area contributed by atoms with Crippen LogP contribution in [0.5, 0.6) is 5.75 Å². The molecule has 9 heteroatoms. The van der Waals surface area contributed by atoms with Crippen molar-refractivity contribution in [3.05, 3.63) is 82.0 Å². The van der Waals surface area contributed by atoms with Crippen molar-refractivity contribution in [2.45, 2.75) is 65.1 Å². The van der Waals surface area contributed by atoms with E-state index in [-0.39, 0.29) is 30.5 Å². The highest BCUT2D eigenvalue weighted by molar-refractivity contribution is 7.17. The van der Waals surface area contributed by atoms with Gasteiger partial charge in [0.15, 0.2) is 0 Å². The molecule has 0 spiro atoms. The maximum absolute atomic E-state index is 13.0. The van der Waals surface area contributed by atoms with Gasteiger partial charge in [0, 0.05) is 37.0 Å². The number of pyridine rings is 1. The average Bonchev–Trinajstić information content (AvgIpc) is 3.59. The fraction of sp³-hybridized carbons (Fsp3) is 0.394. The molecule has 0 saturated heterocycles. The number of aryl methyl sites for hydroxylation is 2. The van der Waals surface area contributed by atoms with Crippen LogP contribution in [0, 0.1) is 6.92 Å². The highest BCUT2D eigenvalue weighted by atomic mass is 32.1. The Hall–Kier alpha value is -3.82. The lowest BCUT2D eigenvalue weighted by atomic mass is 9.84. The van der Waals surface area contributed by atoms with Gasteiger partial charge in [0.25, 0.3) is 0 Å². The number of carbonyl (C=O) groups is 1. The number of rotatable bonds is 8. The summed E-state index contributed by atoms with van der Waals surface area (Å²) in [6.07, 6.45) is 3.09. The Morgan fingerprint density at radius 2 is 2.07 bits per heavy atom. The number of thiophene rings is 1. The smallest absolute Gasteiger partial charge is 0.306 e. The summed E-state index contributed by atoms with van der Waals surface area (Å²) >= 11 is 1.76. The Balaban J connectivity index is 1.44. The van der Waals surface area contributed by atoms with Crippen molar-refractivity contribution in [3.63, 3.8) is 0 Å². The average molecular weight is 584 g/mol. The van der Waals surface area contributed by atoms with Gasteiger partial charge in [-0.3, -0.25) is 14.7 Å². The van der Waals surface area contributed by atoms with Crippen LogP contribution >= 0.6 is 11.3 Å². The summed E-state index contributed by atoms with van der Waals surface area (Å²) < 4.78 is 14.9. The zero-order chi connectivity index (χ0) is 29.4. The van der Waals surface area contributed by atoms with Gasteiger partial charge in [0.2, 0.25) is 0 Å². The minimum atomic E-state index is -0.208. The topological polar surface area (TPSA) is 82.4 Å². The number of esters is 1. The van der Waals surface area contributed by atoms with Gasteiger partial charge in [-0.1, -0.05) is 24.3 Å². The molecule has 6 rings (SSSR count). The van der Waals surface area contributed by atoms with E-state index in [0.29, 0.717) is 6.61 Å². The van der Waals surface area contributed by atoms with E-state index < -0.39 is 0 Å². The first-order valence-electron chi connectivity index (χ1n) is 14.7. The second-order valence-electron chi connectivity index (χ2n) is 11.1. The second kappa shape index (κ2) is 11.8. The second-order valence-corrected chi connectivity index (χ2v) is 12.0. The molecule has 42 heavy (non-hydrogen) atoms. The highest BCUT2D eigenvalue weighted by Gasteiger charge is 2.30. The molecule has 218 valence electrons. The summed E-state index contributed by atoms with van der Waals surface area (Å²) in [5.41, 5.74) is 7.24. The van der Waals surface area contributed by atoms with E-state index in [4.69, 9.17) is 14.5 Å². The van der Waals surface area contributed by atoms with Gasteiger partial charge >= 0.3 is 5.97 Å². The van der Waals surface area contributed by atoms with E-state index in [1.165, 1.54) is 15.6 Å². The van der Waals surface area contributed by atoms with Crippen LogP contribution in [0.25, 0.3) is 21.1 Å². The molecule has 0 aliphatic carbocycles. The van der Waals surface area contributed by atoms with Gasteiger partial charge in [0.1, 0.15) is 17.4 Å². The van der Waals surface area contributed by atoms with Crippen molar-refractivity contribution in [2.75, 3.05) is 13.2 Å². The van der Waals surface area contributed by atoms with Crippen molar-refractivity contribution in [1.29, 1.82) is 0 Å². The fourth-order valence-electron chi connectivity index (χ4n) is 6.18. The van der Waals surface area contributed by atoms with Gasteiger partial charge in [-0.05, 0) is 90.5 Å². The molecular weight excluding hydrogens is 546 g/mol.